The van der Waals surface area contributed by atoms with E-state index in [1.165, 1.54) is 0 Å². The van der Waals surface area contributed by atoms with Crippen molar-refractivity contribution in [3.8, 4) is 0 Å². The van der Waals surface area contributed by atoms with E-state index in [4.69, 9.17) is 16.2 Å². The zero-order valence-electron chi connectivity index (χ0n) is 14.3. The van der Waals surface area contributed by atoms with E-state index in [1.54, 1.807) is 0 Å². The van der Waals surface area contributed by atoms with Gasteiger partial charge in [-0.25, -0.2) is 0 Å². The predicted molar refractivity (Wildman–Crippen MR) is 96.7 cm³/mol. The van der Waals surface area contributed by atoms with Gasteiger partial charge in [0, 0.05) is 6.42 Å². The minimum Gasteiger partial charge on any atom is -0.461 e. The number of nitrogens with two attached hydrogens (primary N) is 2. The molecule has 0 aliphatic rings. The smallest absolute Gasteiger partial charge is 0.306 e. The van der Waals surface area contributed by atoms with Crippen LogP contribution >= 0.6 is 12.4 Å². The normalized spacial score (nSPS) is 12.4. The number of hydrogen-bond donors (Lipinski definition) is 3. The maximum Gasteiger partial charge on any atom is 0.306 e. The van der Waals surface area contributed by atoms with Crippen LogP contribution in [0.15, 0.2) is 30.3 Å². The van der Waals surface area contributed by atoms with Gasteiger partial charge in [0.25, 0.3) is 0 Å². The lowest BCUT2D eigenvalue weighted by Crippen LogP contribution is -2.50. The fourth-order valence-electron chi connectivity index (χ4n) is 2.08. The Morgan fingerprint density at radius 3 is 2.36 bits per heavy atom. The van der Waals surface area contributed by atoms with Crippen LogP contribution in [0.4, 0.5) is 0 Å². The molecule has 0 fully saturated rings. The van der Waals surface area contributed by atoms with Crippen molar-refractivity contribution in [2.75, 3.05) is 0 Å². The van der Waals surface area contributed by atoms with Crippen LogP contribution < -0.4 is 16.8 Å². The molecule has 25 heavy (non-hydrogen) atoms. The summed E-state index contributed by atoms with van der Waals surface area (Å²) in [6.45, 7) is 2.07. The van der Waals surface area contributed by atoms with E-state index in [0.717, 1.165) is 12.0 Å². The molecule has 0 spiro atoms. The highest BCUT2D eigenvalue weighted by atomic mass is 35.5. The summed E-state index contributed by atoms with van der Waals surface area (Å²) in [6.07, 6.45) is 1.31. The highest BCUT2D eigenvalue weighted by Crippen LogP contribution is 2.05. The van der Waals surface area contributed by atoms with Gasteiger partial charge in [0.15, 0.2) is 0 Å². The number of hydrogen-bond acceptors (Lipinski definition) is 5. The Kier molecular flexibility index (Phi) is 11.2. The Bertz CT molecular complexity index is 554. The minimum atomic E-state index is -0.940. The number of carbonyl (C=O) groups excluding carboxylic acids is 3. The van der Waals surface area contributed by atoms with E-state index in [9.17, 15) is 14.4 Å². The Balaban J connectivity index is 0.00000576. The summed E-state index contributed by atoms with van der Waals surface area (Å²) in [4.78, 5) is 35.0. The van der Waals surface area contributed by atoms with Crippen LogP contribution in [0.2, 0.25) is 0 Å². The van der Waals surface area contributed by atoms with Gasteiger partial charge in [-0.2, -0.15) is 0 Å². The average Bonchev–Trinajstić information content (AvgIpc) is 2.57. The highest BCUT2D eigenvalue weighted by molar-refractivity contribution is 5.89. The number of primary amides is 1. The Morgan fingerprint density at radius 1 is 1.16 bits per heavy atom. The van der Waals surface area contributed by atoms with Crippen LogP contribution in [0, 0.1) is 0 Å². The monoisotopic (exact) mass is 371 g/mol. The molecule has 8 heteroatoms. The molecule has 1 rings (SSSR count). The third kappa shape index (κ3) is 9.07. The van der Waals surface area contributed by atoms with Crippen molar-refractivity contribution in [2.24, 2.45) is 11.5 Å². The summed E-state index contributed by atoms with van der Waals surface area (Å²) in [6, 6.07) is 7.62. The van der Waals surface area contributed by atoms with Gasteiger partial charge in [0.05, 0.1) is 6.04 Å². The number of halogens is 1. The van der Waals surface area contributed by atoms with Gasteiger partial charge in [-0.1, -0.05) is 43.7 Å². The number of amides is 2. The molecule has 1 aromatic carbocycles. The average molecular weight is 372 g/mol. The first kappa shape index (κ1) is 22.9. The van der Waals surface area contributed by atoms with Crippen molar-refractivity contribution in [3.05, 3.63) is 35.9 Å². The van der Waals surface area contributed by atoms with Crippen LogP contribution in [0.25, 0.3) is 0 Å². The third-order valence-corrected chi connectivity index (χ3v) is 3.48. The number of nitrogens with one attached hydrogen (secondary N) is 1. The number of ether oxygens (including phenoxy) is 1. The maximum atomic E-state index is 11.8. The lowest BCUT2D eigenvalue weighted by atomic mass is 10.1. The second-order valence-electron chi connectivity index (χ2n) is 5.54. The van der Waals surface area contributed by atoms with E-state index < -0.39 is 29.9 Å². The lowest BCUT2D eigenvalue weighted by Gasteiger charge is -2.18. The van der Waals surface area contributed by atoms with Crippen molar-refractivity contribution in [2.45, 2.75) is 51.3 Å². The summed E-state index contributed by atoms with van der Waals surface area (Å²) in [5.41, 5.74) is 11.8. The van der Waals surface area contributed by atoms with Crippen LogP contribution in [0.3, 0.4) is 0 Å². The second kappa shape index (κ2) is 12.3. The van der Waals surface area contributed by atoms with E-state index in [1.807, 2.05) is 37.3 Å². The van der Waals surface area contributed by atoms with Gasteiger partial charge in [-0.3, -0.25) is 14.4 Å². The number of benzene rings is 1. The van der Waals surface area contributed by atoms with Gasteiger partial charge in [-0.15, -0.1) is 12.4 Å². The molecule has 0 aromatic heterocycles. The highest BCUT2D eigenvalue weighted by Gasteiger charge is 2.22. The van der Waals surface area contributed by atoms with Gasteiger partial charge in [-0.05, 0) is 18.4 Å². The number of carbonyl (C=O) groups is 3. The zero-order valence-corrected chi connectivity index (χ0v) is 15.1. The van der Waals surface area contributed by atoms with Crippen molar-refractivity contribution in [1.82, 2.24) is 5.32 Å². The van der Waals surface area contributed by atoms with Crippen LogP contribution in [0.5, 0.6) is 0 Å². The lowest BCUT2D eigenvalue weighted by molar-refractivity contribution is -0.145. The van der Waals surface area contributed by atoms with Crippen molar-refractivity contribution in [1.29, 1.82) is 0 Å². The molecule has 0 radical (unpaired) electrons. The molecule has 0 saturated carbocycles. The molecule has 0 aliphatic carbocycles. The van der Waals surface area contributed by atoms with Crippen LogP contribution in [-0.4, -0.2) is 29.9 Å². The Labute approximate surface area is 153 Å². The van der Waals surface area contributed by atoms with E-state index in [0.29, 0.717) is 6.42 Å². The van der Waals surface area contributed by atoms with Gasteiger partial charge in [0.2, 0.25) is 11.8 Å². The van der Waals surface area contributed by atoms with Crippen LogP contribution in [-0.2, 0) is 25.7 Å². The second-order valence-corrected chi connectivity index (χ2v) is 5.54. The molecular formula is C17H26ClN3O4. The van der Waals surface area contributed by atoms with Crippen molar-refractivity contribution < 1.29 is 19.1 Å². The number of esters is 1. The molecular weight excluding hydrogens is 346 g/mol. The van der Waals surface area contributed by atoms with E-state index in [2.05, 4.69) is 5.32 Å². The molecule has 0 heterocycles. The van der Waals surface area contributed by atoms with Crippen molar-refractivity contribution >= 4 is 30.2 Å². The predicted octanol–water partition coefficient (Wildman–Crippen LogP) is 1.03. The van der Waals surface area contributed by atoms with Crippen LogP contribution in [0.1, 0.15) is 38.2 Å². The summed E-state index contributed by atoms with van der Waals surface area (Å²) in [5.74, 6) is -1.61. The molecule has 7 nitrogen and oxygen atoms in total. The molecule has 0 saturated heterocycles. The van der Waals surface area contributed by atoms with Gasteiger partial charge in [0.1, 0.15) is 12.6 Å². The first-order valence-corrected chi connectivity index (χ1v) is 7.98. The summed E-state index contributed by atoms with van der Waals surface area (Å²) in [5, 5.41) is 2.48. The first-order valence-electron chi connectivity index (χ1n) is 7.98. The molecule has 0 aliphatic heterocycles. The molecule has 1 aromatic rings. The fourth-order valence-corrected chi connectivity index (χ4v) is 2.08. The largest absolute Gasteiger partial charge is 0.461 e. The summed E-state index contributed by atoms with van der Waals surface area (Å²) in [7, 11) is 0. The quantitative estimate of drug-likeness (QED) is 0.530. The van der Waals surface area contributed by atoms with E-state index >= 15 is 0 Å². The standard InChI is InChI=1S/C17H25N3O4.ClH/c1-2-6-13(18)17(23)20-14(16(19)22)9-10-15(21)24-11-12-7-4-3-5-8-12;/h3-5,7-8,13-14H,2,6,9-11,18H2,1H3,(H2,19,22)(H,20,23);1H/t13-,14+;/m0./s1. The van der Waals surface area contributed by atoms with Crippen molar-refractivity contribution in [3.63, 3.8) is 0 Å². The van der Waals surface area contributed by atoms with E-state index in [-0.39, 0.29) is 31.9 Å². The maximum absolute atomic E-state index is 11.8. The fraction of sp³-hybridized carbons (Fsp3) is 0.471. The third-order valence-electron chi connectivity index (χ3n) is 3.48. The van der Waals surface area contributed by atoms with Gasteiger partial charge >= 0.3 is 5.97 Å². The van der Waals surface area contributed by atoms with Gasteiger partial charge < -0.3 is 21.5 Å². The SMILES string of the molecule is CCC[C@H](N)C(=O)N[C@H](CCC(=O)OCc1ccccc1)C(N)=O.Cl. The molecule has 5 N–H and O–H groups in total. The molecule has 2 atom stereocenters. The molecule has 0 unspecified atom stereocenters. The topological polar surface area (TPSA) is 125 Å². The number of rotatable bonds is 10. The molecule has 0 bridgehead atoms. The molecule has 140 valence electrons. The Hall–Kier alpha value is -2.12. The zero-order chi connectivity index (χ0) is 17.9. The summed E-state index contributed by atoms with van der Waals surface area (Å²) < 4.78 is 5.12. The minimum absolute atomic E-state index is 0. The Morgan fingerprint density at radius 2 is 1.80 bits per heavy atom. The molecule has 2 amide bonds. The first-order chi connectivity index (χ1) is 11.4. The summed E-state index contributed by atoms with van der Waals surface area (Å²) >= 11 is 0.